The molecule has 0 saturated carbocycles. The van der Waals surface area contributed by atoms with Crippen molar-refractivity contribution in [1.82, 2.24) is 4.98 Å². The van der Waals surface area contributed by atoms with E-state index in [1.165, 1.54) is 11.3 Å². The molecule has 3 nitrogen and oxygen atoms in total. The van der Waals surface area contributed by atoms with Crippen molar-refractivity contribution in [2.45, 2.75) is 0 Å². The Morgan fingerprint density at radius 2 is 1.65 bits per heavy atom. The molecular weight excluding hydrogens is 476 g/mol. The molecule has 0 radical (unpaired) electrons. The van der Waals surface area contributed by atoms with Crippen LogP contribution >= 0.6 is 43.2 Å². The number of aromatic nitrogens is 1. The van der Waals surface area contributed by atoms with Crippen LogP contribution in [-0.4, -0.2) is 10.9 Å². The summed E-state index contributed by atoms with van der Waals surface area (Å²) in [6.07, 6.45) is 0. The third kappa shape index (κ3) is 3.45. The van der Waals surface area contributed by atoms with Gasteiger partial charge < -0.3 is 0 Å². The van der Waals surface area contributed by atoms with Gasteiger partial charge in [-0.15, -0.1) is 11.3 Å². The van der Waals surface area contributed by atoms with Gasteiger partial charge in [-0.05, 0) is 35.0 Å². The van der Waals surface area contributed by atoms with Crippen molar-refractivity contribution in [2.24, 2.45) is 0 Å². The van der Waals surface area contributed by atoms with Crippen molar-refractivity contribution in [1.29, 1.82) is 0 Å². The van der Waals surface area contributed by atoms with E-state index >= 15 is 0 Å². The van der Waals surface area contributed by atoms with Crippen LogP contribution in [0.25, 0.3) is 22.0 Å². The summed E-state index contributed by atoms with van der Waals surface area (Å²) < 4.78 is 1.99. The Morgan fingerprint density at radius 1 is 0.923 bits per heavy atom. The molecule has 1 heterocycles. The lowest BCUT2D eigenvalue weighted by molar-refractivity contribution is 0.102. The highest BCUT2D eigenvalue weighted by atomic mass is 79.9. The normalized spacial score (nSPS) is 10.8. The number of carbonyl (C=O) groups excluding carboxylic acids is 1. The molecule has 6 heteroatoms. The molecule has 0 fully saturated rings. The van der Waals surface area contributed by atoms with Crippen LogP contribution in [0.5, 0.6) is 0 Å². The number of fused-ring (bicyclic) bond motifs is 1. The van der Waals surface area contributed by atoms with Gasteiger partial charge in [0.2, 0.25) is 0 Å². The number of nitrogens with one attached hydrogen (secondary N) is 1. The van der Waals surface area contributed by atoms with E-state index in [2.05, 4.69) is 42.2 Å². The second kappa shape index (κ2) is 7.31. The van der Waals surface area contributed by atoms with Crippen LogP contribution in [0.4, 0.5) is 5.13 Å². The van der Waals surface area contributed by atoms with Crippen molar-refractivity contribution in [3.05, 3.63) is 80.6 Å². The van der Waals surface area contributed by atoms with Crippen LogP contribution in [0.3, 0.4) is 0 Å². The first-order valence-corrected chi connectivity index (χ1v) is 10.3. The van der Waals surface area contributed by atoms with Gasteiger partial charge in [-0.25, -0.2) is 4.98 Å². The number of rotatable bonds is 3. The Balaban J connectivity index is 1.62. The maximum atomic E-state index is 12.8. The van der Waals surface area contributed by atoms with Crippen LogP contribution in [0, 0.1) is 0 Å². The van der Waals surface area contributed by atoms with Crippen LogP contribution in [0.1, 0.15) is 10.4 Å². The molecule has 0 aliphatic rings. The predicted molar refractivity (Wildman–Crippen MR) is 115 cm³/mol. The summed E-state index contributed by atoms with van der Waals surface area (Å²) in [4.78, 5) is 17.3. The van der Waals surface area contributed by atoms with Crippen molar-refractivity contribution in [3.8, 4) is 11.3 Å². The molecule has 0 spiro atoms. The maximum absolute atomic E-state index is 12.8. The molecule has 0 bridgehead atoms. The van der Waals surface area contributed by atoms with Crippen molar-refractivity contribution >= 4 is 65.0 Å². The average molecular weight is 488 g/mol. The number of thiazole rings is 1. The summed E-state index contributed by atoms with van der Waals surface area (Å²) in [5.41, 5.74) is 2.49. The average Bonchev–Trinajstić information content (AvgIpc) is 3.10. The molecule has 1 amide bonds. The summed E-state index contributed by atoms with van der Waals surface area (Å²) in [6.45, 7) is 0. The van der Waals surface area contributed by atoms with Gasteiger partial charge in [-0.1, -0.05) is 68.3 Å². The monoisotopic (exact) mass is 486 g/mol. The van der Waals surface area contributed by atoms with Crippen LogP contribution in [0.15, 0.2) is 75.0 Å². The first-order valence-electron chi connectivity index (χ1n) is 7.82. The molecule has 0 unspecified atom stereocenters. The predicted octanol–water partition coefficient (Wildman–Crippen LogP) is 6.74. The second-order valence-corrected chi connectivity index (χ2v) is 8.27. The second-order valence-electron chi connectivity index (χ2n) is 5.64. The highest BCUT2D eigenvalue weighted by molar-refractivity contribution is 9.11. The molecule has 1 N–H and O–H groups in total. The number of hydrogen-bond donors (Lipinski definition) is 1. The number of benzene rings is 3. The molecule has 0 aliphatic carbocycles. The summed E-state index contributed by atoms with van der Waals surface area (Å²) in [5.74, 6) is -0.162. The molecule has 0 saturated heterocycles. The Morgan fingerprint density at radius 3 is 2.46 bits per heavy atom. The first kappa shape index (κ1) is 17.4. The SMILES string of the molecule is O=C(Nc1nc(-c2ccc(Br)cc2)cs1)c1cccc2c(Br)cccc12. The van der Waals surface area contributed by atoms with E-state index in [-0.39, 0.29) is 5.91 Å². The van der Waals surface area contributed by atoms with Gasteiger partial charge in [-0.3, -0.25) is 10.1 Å². The van der Waals surface area contributed by atoms with Crippen LogP contribution < -0.4 is 5.32 Å². The zero-order chi connectivity index (χ0) is 18.1. The molecule has 3 aromatic carbocycles. The standard InChI is InChI=1S/C20H12Br2N2OS/c21-13-9-7-12(8-10-13)18-11-26-20(23-18)24-19(25)16-5-1-4-15-14(16)3-2-6-17(15)22/h1-11H,(H,23,24,25). The smallest absolute Gasteiger partial charge is 0.258 e. The van der Waals surface area contributed by atoms with E-state index in [9.17, 15) is 4.79 Å². The molecule has 4 aromatic rings. The largest absolute Gasteiger partial charge is 0.298 e. The van der Waals surface area contributed by atoms with E-state index in [1.54, 1.807) is 0 Å². The minimum absolute atomic E-state index is 0.162. The minimum atomic E-state index is -0.162. The lowest BCUT2D eigenvalue weighted by Gasteiger charge is -2.07. The van der Waals surface area contributed by atoms with Crippen molar-refractivity contribution in [2.75, 3.05) is 5.32 Å². The molecule has 26 heavy (non-hydrogen) atoms. The number of amides is 1. The molecule has 128 valence electrons. The van der Waals surface area contributed by atoms with Gasteiger partial charge in [0.05, 0.1) is 5.69 Å². The lowest BCUT2D eigenvalue weighted by Crippen LogP contribution is -2.12. The Hall–Kier alpha value is -2.02. The summed E-state index contributed by atoms with van der Waals surface area (Å²) in [7, 11) is 0. The fourth-order valence-corrected chi connectivity index (χ4v) is 4.20. The first-order chi connectivity index (χ1) is 12.6. The summed E-state index contributed by atoms with van der Waals surface area (Å²) in [5, 5.41) is 7.36. The number of hydrogen-bond acceptors (Lipinski definition) is 3. The summed E-state index contributed by atoms with van der Waals surface area (Å²) >= 11 is 8.38. The van der Waals surface area contributed by atoms with Gasteiger partial charge in [-0.2, -0.15) is 0 Å². The summed E-state index contributed by atoms with van der Waals surface area (Å²) in [6, 6.07) is 19.5. The topological polar surface area (TPSA) is 42.0 Å². The maximum Gasteiger partial charge on any atom is 0.258 e. The number of halogens is 2. The highest BCUT2D eigenvalue weighted by Crippen LogP contribution is 2.29. The van der Waals surface area contributed by atoms with Crippen molar-refractivity contribution < 1.29 is 4.79 Å². The zero-order valence-electron chi connectivity index (χ0n) is 13.4. The minimum Gasteiger partial charge on any atom is -0.298 e. The Bertz CT molecular complexity index is 1110. The fraction of sp³-hybridized carbons (Fsp3) is 0. The lowest BCUT2D eigenvalue weighted by atomic mass is 10.0. The molecule has 4 rings (SSSR count). The van der Waals surface area contributed by atoms with E-state index in [0.717, 1.165) is 31.0 Å². The number of carbonyl (C=O) groups is 1. The van der Waals surface area contributed by atoms with E-state index in [4.69, 9.17) is 0 Å². The van der Waals surface area contributed by atoms with E-state index in [1.807, 2.05) is 66.0 Å². The van der Waals surface area contributed by atoms with Gasteiger partial charge >= 0.3 is 0 Å². The van der Waals surface area contributed by atoms with Gasteiger partial charge in [0.15, 0.2) is 5.13 Å². The van der Waals surface area contributed by atoms with Gasteiger partial charge in [0, 0.05) is 25.5 Å². The van der Waals surface area contributed by atoms with Crippen molar-refractivity contribution in [3.63, 3.8) is 0 Å². The van der Waals surface area contributed by atoms with E-state index in [0.29, 0.717) is 10.7 Å². The van der Waals surface area contributed by atoms with Crippen LogP contribution in [0.2, 0.25) is 0 Å². The number of anilines is 1. The molecule has 0 aliphatic heterocycles. The quantitative estimate of drug-likeness (QED) is 0.347. The Kier molecular flexibility index (Phi) is 4.89. The fourth-order valence-electron chi connectivity index (χ4n) is 2.72. The van der Waals surface area contributed by atoms with Gasteiger partial charge in [0.1, 0.15) is 0 Å². The zero-order valence-corrected chi connectivity index (χ0v) is 17.4. The Labute approximate surface area is 171 Å². The molecule has 0 atom stereocenters. The molecule has 1 aromatic heterocycles. The number of nitrogens with zero attached hydrogens (tertiary/aromatic N) is 1. The third-order valence-electron chi connectivity index (χ3n) is 3.98. The van der Waals surface area contributed by atoms with E-state index < -0.39 is 0 Å². The third-order valence-corrected chi connectivity index (χ3v) is 5.96. The molecular formula is C20H12Br2N2OS. The highest BCUT2D eigenvalue weighted by Gasteiger charge is 2.13. The van der Waals surface area contributed by atoms with Gasteiger partial charge in [0.25, 0.3) is 5.91 Å². The van der Waals surface area contributed by atoms with Crippen LogP contribution in [-0.2, 0) is 0 Å².